The number of benzene rings is 2. The maximum Gasteiger partial charge on any atom is 0.253 e. The normalized spacial score (nSPS) is 18.5. The van der Waals surface area contributed by atoms with Crippen LogP contribution in [-0.2, 0) is 9.47 Å². The van der Waals surface area contributed by atoms with Gasteiger partial charge in [0.05, 0.1) is 23.6 Å². The van der Waals surface area contributed by atoms with Gasteiger partial charge in [-0.3, -0.25) is 14.7 Å². The highest BCUT2D eigenvalue weighted by atomic mass is 32.2. The van der Waals surface area contributed by atoms with Gasteiger partial charge in [-0.1, -0.05) is 18.2 Å². The van der Waals surface area contributed by atoms with E-state index in [0.717, 1.165) is 72.8 Å². The predicted octanol–water partition coefficient (Wildman–Crippen LogP) is 5.38. The van der Waals surface area contributed by atoms with Crippen molar-refractivity contribution in [2.75, 3.05) is 51.7 Å². The fourth-order valence-electron chi connectivity index (χ4n) is 4.95. The number of carbonyl (C=O) groups excluding carboxylic acids is 1. The molecule has 1 aromatic heterocycles. The molecule has 1 unspecified atom stereocenters. The van der Waals surface area contributed by atoms with E-state index < -0.39 is 0 Å². The van der Waals surface area contributed by atoms with Crippen molar-refractivity contribution in [2.24, 2.45) is 0 Å². The van der Waals surface area contributed by atoms with Gasteiger partial charge in [0.25, 0.3) is 5.91 Å². The molecule has 1 atom stereocenters. The third-order valence-corrected chi connectivity index (χ3v) is 7.89. The SMILES string of the molecule is COC1=CC(OC)CC(CN2CCCN(C(=O)c3ccc(NSc4cccc5cccnc45)cc3)CC2)=C1. The Morgan fingerprint density at radius 3 is 2.71 bits per heavy atom. The second-order valence-electron chi connectivity index (χ2n) is 9.59. The van der Waals surface area contributed by atoms with Gasteiger partial charge in [0, 0.05) is 62.7 Å². The molecule has 5 rings (SSSR count). The Kier molecular flexibility index (Phi) is 8.63. The van der Waals surface area contributed by atoms with Crippen molar-refractivity contribution in [1.29, 1.82) is 0 Å². The molecular weight excluding hydrogens is 496 g/mol. The van der Waals surface area contributed by atoms with Crippen LogP contribution in [0, 0.1) is 0 Å². The lowest BCUT2D eigenvalue weighted by atomic mass is 10.0. The lowest BCUT2D eigenvalue weighted by Gasteiger charge is -2.26. The number of hydrogen-bond donors (Lipinski definition) is 1. The summed E-state index contributed by atoms with van der Waals surface area (Å²) in [7, 11) is 3.42. The number of aromatic nitrogens is 1. The number of carbonyl (C=O) groups is 1. The topological polar surface area (TPSA) is 66.9 Å². The molecule has 1 fully saturated rings. The molecule has 198 valence electrons. The predicted molar refractivity (Wildman–Crippen MR) is 153 cm³/mol. The van der Waals surface area contributed by atoms with Crippen molar-refractivity contribution < 1.29 is 14.3 Å². The monoisotopic (exact) mass is 530 g/mol. The van der Waals surface area contributed by atoms with Gasteiger partial charge in [-0.25, -0.2) is 0 Å². The van der Waals surface area contributed by atoms with Crippen molar-refractivity contribution in [3.05, 3.63) is 89.8 Å². The first kappa shape index (κ1) is 26.3. The molecule has 8 heteroatoms. The lowest BCUT2D eigenvalue weighted by molar-refractivity contribution is 0.0762. The van der Waals surface area contributed by atoms with E-state index in [2.05, 4.69) is 38.9 Å². The zero-order valence-electron chi connectivity index (χ0n) is 21.9. The number of para-hydroxylation sites is 1. The van der Waals surface area contributed by atoms with E-state index in [4.69, 9.17) is 9.47 Å². The van der Waals surface area contributed by atoms with Crippen LogP contribution in [-0.4, -0.2) is 73.7 Å². The number of pyridine rings is 1. The van der Waals surface area contributed by atoms with Crippen molar-refractivity contribution in [2.45, 2.75) is 23.8 Å². The van der Waals surface area contributed by atoms with Gasteiger partial charge >= 0.3 is 0 Å². The van der Waals surface area contributed by atoms with Gasteiger partial charge in [-0.2, -0.15) is 0 Å². The molecule has 1 aliphatic carbocycles. The molecule has 1 saturated heterocycles. The maximum atomic E-state index is 13.3. The summed E-state index contributed by atoms with van der Waals surface area (Å²) in [6.07, 6.45) is 7.83. The lowest BCUT2D eigenvalue weighted by Crippen LogP contribution is -2.36. The summed E-state index contributed by atoms with van der Waals surface area (Å²) in [5.74, 6) is 0.945. The van der Waals surface area contributed by atoms with E-state index in [1.165, 1.54) is 17.5 Å². The molecule has 1 amide bonds. The molecule has 38 heavy (non-hydrogen) atoms. The van der Waals surface area contributed by atoms with Crippen LogP contribution in [0.4, 0.5) is 5.69 Å². The summed E-state index contributed by atoms with van der Waals surface area (Å²) in [5, 5.41) is 1.11. The fraction of sp³-hybridized carbons (Fsp3) is 0.333. The maximum absolute atomic E-state index is 13.3. The molecular formula is C30H34N4O3S. The molecule has 2 heterocycles. The van der Waals surface area contributed by atoms with Crippen molar-refractivity contribution in [1.82, 2.24) is 14.8 Å². The second kappa shape index (κ2) is 12.5. The Balaban J connectivity index is 1.15. The molecule has 2 aromatic carbocycles. The molecule has 0 bridgehead atoms. The fourth-order valence-corrected chi connectivity index (χ4v) is 5.73. The van der Waals surface area contributed by atoms with Gasteiger partial charge < -0.3 is 19.1 Å². The Hall–Kier alpha value is -3.33. The molecule has 1 aliphatic heterocycles. The highest BCUT2D eigenvalue weighted by Gasteiger charge is 2.23. The Morgan fingerprint density at radius 2 is 1.89 bits per heavy atom. The zero-order chi connectivity index (χ0) is 26.3. The quantitative estimate of drug-likeness (QED) is 0.393. The number of allylic oxidation sites excluding steroid dienone is 1. The minimum absolute atomic E-state index is 0.0505. The van der Waals surface area contributed by atoms with Crippen molar-refractivity contribution in [3.63, 3.8) is 0 Å². The van der Waals surface area contributed by atoms with E-state index in [1.54, 1.807) is 14.2 Å². The second-order valence-corrected chi connectivity index (χ2v) is 10.4. The molecule has 7 nitrogen and oxygen atoms in total. The highest BCUT2D eigenvalue weighted by Crippen LogP contribution is 2.28. The van der Waals surface area contributed by atoms with Crippen LogP contribution >= 0.6 is 11.9 Å². The number of hydrogen-bond acceptors (Lipinski definition) is 7. The number of anilines is 1. The third-order valence-electron chi connectivity index (χ3n) is 7.01. The van der Waals surface area contributed by atoms with Gasteiger partial charge in [-0.05, 0) is 78.9 Å². The Bertz CT molecular complexity index is 1320. The first-order valence-corrected chi connectivity index (χ1v) is 13.8. The number of methoxy groups -OCH3 is 2. The molecule has 0 radical (unpaired) electrons. The number of nitrogens with one attached hydrogen (secondary N) is 1. The molecule has 3 aromatic rings. The first-order chi connectivity index (χ1) is 18.6. The van der Waals surface area contributed by atoms with Crippen molar-refractivity contribution in [3.8, 4) is 0 Å². The summed E-state index contributed by atoms with van der Waals surface area (Å²) in [6.45, 7) is 4.17. The zero-order valence-corrected chi connectivity index (χ0v) is 22.7. The highest BCUT2D eigenvalue weighted by molar-refractivity contribution is 8.00. The number of amides is 1. The van der Waals surface area contributed by atoms with Gasteiger partial charge in [0.1, 0.15) is 5.76 Å². The summed E-state index contributed by atoms with van der Waals surface area (Å²) in [5.41, 5.74) is 3.94. The summed E-state index contributed by atoms with van der Waals surface area (Å²) in [6, 6.07) is 17.9. The van der Waals surface area contributed by atoms with Crippen LogP contribution in [0.3, 0.4) is 0 Å². The van der Waals surface area contributed by atoms with Crippen LogP contribution in [0.1, 0.15) is 23.2 Å². The van der Waals surface area contributed by atoms with Gasteiger partial charge in [0.15, 0.2) is 0 Å². The largest absolute Gasteiger partial charge is 0.497 e. The first-order valence-electron chi connectivity index (χ1n) is 13.0. The number of fused-ring (bicyclic) bond motifs is 1. The molecule has 1 N–H and O–H groups in total. The Labute approximate surface area is 228 Å². The standard InChI is InChI=1S/C30H34N4O3S/c1-36-26-18-22(19-27(20-26)37-2)21-33-14-5-15-34(17-16-33)30(35)24-9-11-25(12-10-24)32-38-28-8-3-6-23-7-4-13-31-29(23)28/h3-4,6-13,18,20,27,32H,5,14-17,19,21H2,1-2H3. The van der Waals surface area contributed by atoms with E-state index in [1.807, 2.05) is 53.6 Å². The van der Waals surface area contributed by atoms with Crippen LogP contribution in [0.2, 0.25) is 0 Å². The average Bonchev–Trinajstić information content (AvgIpc) is 3.21. The summed E-state index contributed by atoms with van der Waals surface area (Å²) in [4.78, 5) is 23.3. The average molecular weight is 531 g/mol. The van der Waals surface area contributed by atoms with Crippen LogP contribution in [0.5, 0.6) is 0 Å². The molecule has 0 saturated carbocycles. The van der Waals surface area contributed by atoms with E-state index in [9.17, 15) is 4.79 Å². The minimum atomic E-state index is 0.0505. The van der Waals surface area contributed by atoms with Gasteiger partial charge in [0.2, 0.25) is 0 Å². The number of nitrogens with zero attached hydrogens (tertiary/aromatic N) is 3. The smallest absolute Gasteiger partial charge is 0.253 e. The molecule has 0 spiro atoms. The summed E-state index contributed by atoms with van der Waals surface area (Å²) < 4.78 is 14.4. The minimum Gasteiger partial charge on any atom is -0.497 e. The van der Waals surface area contributed by atoms with Crippen LogP contribution in [0.25, 0.3) is 10.9 Å². The van der Waals surface area contributed by atoms with Crippen molar-refractivity contribution >= 4 is 34.4 Å². The third kappa shape index (κ3) is 6.38. The molecule has 2 aliphatic rings. The van der Waals surface area contributed by atoms with Crippen LogP contribution in [0.15, 0.2) is 89.2 Å². The Morgan fingerprint density at radius 1 is 1.05 bits per heavy atom. The van der Waals surface area contributed by atoms with E-state index in [0.29, 0.717) is 5.56 Å². The van der Waals surface area contributed by atoms with E-state index in [-0.39, 0.29) is 12.0 Å². The van der Waals surface area contributed by atoms with E-state index >= 15 is 0 Å². The van der Waals surface area contributed by atoms with Gasteiger partial charge in [-0.15, -0.1) is 0 Å². The summed E-state index contributed by atoms with van der Waals surface area (Å²) >= 11 is 1.53. The van der Waals surface area contributed by atoms with Crippen LogP contribution < -0.4 is 4.72 Å². The number of ether oxygens (including phenoxy) is 2. The number of rotatable bonds is 8.